The van der Waals surface area contributed by atoms with Gasteiger partial charge in [0.25, 0.3) is 0 Å². The van der Waals surface area contributed by atoms with Gasteiger partial charge in [-0.2, -0.15) is 11.8 Å². The van der Waals surface area contributed by atoms with Crippen molar-refractivity contribution in [2.45, 2.75) is 44.9 Å². The molecule has 1 aromatic rings. The van der Waals surface area contributed by atoms with Crippen LogP contribution in [0.15, 0.2) is 17.4 Å². The molecule has 0 spiro atoms. The Hall–Kier alpha value is -0.440. The summed E-state index contributed by atoms with van der Waals surface area (Å²) in [7, 11) is 1.82. The Bertz CT molecular complexity index is 445. The number of nitrogens with zero attached hydrogens (tertiary/aromatic N) is 3. The van der Waals surface area contributed by atoms with Crippen molar-refractivity contribution in [3.05, 3.63) is 18.2 Å². The number of aryl methyl sites for hydroxylation is 2. The van der Waals surface area contributed by atoms with E-state index in [1.165, 1.54) is 0 Å². The van der Waals surface area contributed by atoms with Gasteiger partial charge in [0.2, 0.25) is 0 Å². The van der Waals surface area contributed by atoms with Crippen LogP contribution in [0.2, 0.25) is 0 Å². The van der Waals surface area contributed by atoms with Crippen LogP contribution in [-0.4, -0.2) is 46.7 Å². The molecule has 0 aliphatic carbocycles. The molecule has 0 atom stereocenters. The second-order valence-corrected chi connectivity index (χ2v) is 7.20. The zero-order valence-corrected chi connectivity index (χ0v) is 17.5. The quantitative estimate of drug-likeness (QED) is 0.283. The minimum absolute atomic E-state index is 0. The molecule has 0 bridgehead atoms. The average Bonchev–Trinajstić information content (AvgIpc) is 2.87. The molecule has 1 aromatic heterocycles. The number of unbranched alkanes of at least 4 members (excludes halogenated alkanes) is 1. The van der Waals surface area contributed by atoms with Crippen molar-refractivity contribution in [3.63, 3.8) is 0 Å². The maximum Gasteiger partial charge on any atom is 0.191 e. The third kappa shape index (κ3) is 8.26. The van der Waals surface area contributed by atoms with Crippen LogP contribution in [0.25, 0.3) is 0 Å². The van der Waals surface area contributed by atoms with Gasteiger partial charge in [-0.15, -0.1) is 24.0 Å². The molecule has 0 aliphatic rings. The van der Waals surface area contributed by atoms with Gasteiger partial charge in [-0.3, -0.25) is 4.99 Å². The molecule has 0 fully saturated rings. The summed E-state index contributed by atoms with van der Waals surface area (Å²) in [5.41, 5.74) is 0. The normalized spacial score (nSPS) is 12.0. The van der Waals surface area contributed by atoms with Gasteiger partial charge in [-0.1, -0.05) is 0 Å². The van der Waals surface area contributed by atoms with Gasteiger partial charge in [0, 0.05) is 43.8 Å². The number of halogens is 1. The van der Waals surface area contributed by atoms with Crippen LogP contribution in [0.5, 0.6) is 0 Å². The van der Waals surface area contributed by atoms with E-state index in [1.54, 1.807) is 0 Å². The molecule has 0 aliphatic heterocycles. The number of hydrogen-bond donors (Lipinski definition) is 2. The van der Waals surface area contributed by atoms with E-state index in [2.05, 4.69) is 45.3 Å². The maximum absolute atomic E-state index is 4.26. The predicted octanol–water partition coefficient (Wildman–Crippen LogP) is 2.90. The number of rotatable bonds is 8. The number of guanidine groups is 1. The van der Waals surface area contributed by atoms with Crippen LogP contribution in [0.3, 0.4) is 0 Å². The summed E-state index contributed by atoms with van der Waals surface area (Å²) in [5.74, 6) is 1.97. The summed E-state index contributed by atoms with van der Waals surface area (Å²) in [6.07, 6.45) is 8.28. The third-order valence-electron chi connectivity index (χ3n) is 3.50. The van der Waals surface area contributed by atoms with Gasteiger partial charge in [0.05, 0.1) is 0 Å². The van der Waals surface area contributed by atoms with Gasteiger partial charge in [-0.05, 0) is 39.9 Å². The second-order valence-electron chi connectivity index (χ2n) is 5.69. The zero-order chi connectivity index (χ0) is 15.7. The molecule has 0 radical (unpaired) electrons. The summed E-state index contributed by atoms with van der Waals surface area (Å²) >= 11 is 1.86. The second kappa shape index (κ2) is 11.2. The highest BCUT2D eigenvalue weighted by Gasteiger charge is 2.15. The molecule has 7 heteroatoms. The van der Waals surface area contributed by atoms with E-state index in [-0.39, 0.29) is 28.7 Å². The molecule has 0 saturated heterocycles. The zero-order valence-electron chi connectivity index (χ0n) is 14.3. The van der Waals surface area contributed by atoms with Gasteiger partial charge in [0.1, 0.15) is 5.82 Å². The van der Waals surface area contributed by atoms with Crippen LogP contribution in [0.1, 0.15) is 32.5 Å². The molecule has 0 amide bonds. The number of imidazole rings is 1. The first-order valence-electron chi connectivity index (χ1n) is 7.46. The highest BCUT2D eigenvalue weighted by atomic mass is 127. The van der Waals surface area contributed by atoms with E-state index < -0.39 is 0 Å². The largest absolute Gasteiger partial charge is 0.356 e. The number of aliphatic imine (C=N–C) groups is 1. The lowest BCUT2D eigenvalue weighted by Gasteiger charge is -2.23. The Morgan fingerprint density at radius 1 is 1.36 bits per heavy atom. The molecule has 2 N–H and O–H groups in total. The fraction of sp³-hybridized carbons (Fsp3) is 0.733. The van der Waals surface area contributed by atoms with Crippen molar-refractivity contribution in [2.75, 3.05) is 26.4 Å². The Balaban J connectivity index is 0.00000441. The Morgan fingerprint density at radius 3 is 2.64 bits per heavy atom. The fourth-order valence-electron chi connectivity index (χ4n) is 1.84. The highest BCUT2D eigenvalue weighted by molar-refractivity contribution is 14.0. The molecule has 22 heavy (non-hydrogen) atoms. The molecular formula is C15H30IN5S. The van der Waals surface area contributed by atoms with E-state index in [0.717, 1.165) is 44.3 Å². The number of hydrogen-bond acceptors (Lipinski definition) is 3. The highest BCUT2D eigenvalue weighted by Crippen LogP contribution is 2.19. The minimum Gasteiger partial charge on any atom is -0.356 e. The fourth-order valence-corrected chi connectivity index (χ4v) is 2.06. The molecule has 1 heterocycles. The molecule has 0 unspecified atom stereocenters. The van der Waals surface area contributed by atoms with Crippen LogP contribution in [0.4, 0.5) is 0 Å². The van der Waals surface area contributed by atoms with Crippen LogP contribution >= 0.6 is 35.7 Å². The lowest BCUT2D eigenvalue weighted by Crippen LogP contribution is -2.43. The van der Waals surface area contributed by atoms with Crippen molar-refractivity contribution in [1.29, 1.82) is 0 Å². The first-order chi connectivity index (χ1) is 9.98. The summed E-state index contributed by atoms with van der Waals surface area (Å²) in [6.45, 7) is 9.36. The van der Waals surface area contributed by atoms with Crippen molar-refractivity contribution in [1.82, 2.24) is 20.2 Å². The summed E-state index contributed by atoms with van der Waals surface area (Å²) in [4.78, 5) is 8.49. The summed E-state index contributed by atoms with van der Waals surface area (Å²) < 4.78 is 2.41. The van der Waals surface area contributed by atoms with Crippen molar-refractivity contribution >= 4 is 41.7 Å². The van der Waals surface area contributed by atoms with Crippen molar-refractivity contribution < 1.29 is 0 Å². The Kier molecular flexibility index (Phi) is 10.9. The summed E-state index contributed by atoms with van der Waals surface area (Å²) in [6, 6.07) is 0. The van der Waals surface area contributed by atoms with E-state index in [0.29, 0.717) is 0 Å². The van der Waals surface area contributed by atoms with Crippen LogP contribution in [-0.2, 0) is 6.54 Å². The van der Waals surface area contributed by atoms with Gasteiger partial charge in [0.15, 0.2) is 5.96 Å². The number of nitrogens with one attached hydrogen (secondary N) is 2. The smallest absolute Gasteiger partial charge is 0.191 e. The Morgan fingerprint density at radius 2 is 2.09 bits per heavy atom. The van der Waals surface area contributed by atoms with Crippen LogP contribution in [0, 0.1) is 6.92 Å². The first kappa shape index (κ1) is 21.6. The van der Waals surface area contributed by atoms with Gasteiger partial charge in [-0.25, -0.2) is 4.98 Å². The van der Waals surface area contributed by atoms with Gasteiger partial charge >= 0.3 is 0 Å². The predicted molar refractivity (Wildman–Crippen MR) is 109 cm³/mol. The lowest BCUT2D eigenvalue weighted by molar-refractivity contribution is 0.586. The maximum atomic E-state index is 4.26. The molecule has 1 rings (SSSR count). The van der Waals surface area contributed by atoms with E-state index in [9.17, 15) is 0 Å². The summed E-state index contributed by atoms with van der Waals surface area (Å²) in [5, 5.41) is 6.74. The average molecular weight is 439 g/mol. The molecule has 5 nitrogen and oxygen atoms in total. The number of aromatic nitrogens is 2. The van der Waals surface area contributed by atoms with Gasteiger partial charge < -0.3 is 15.2 Å². The third-order valence-corrected chi connectivity index (χ3v) is 4.75. The monoisotopic (exact) mass is 439 g/mol. The van der Waals surface area contributed by atoms with E-state index in [4.69, 9.17) is 0 Å². The molecular weight excluding hydrogens is 409 g/mol. The minimum atomic E-state index is 0. The van der Waals surface area contributed by atoms with Crippen molar-refractivity contribution in [2.24, 2.45) is 4.99 Å². The molecule has 128 valence electrons. The van der Waals surface area contributed by atoms with Crippen molar-refractivity contribution in [3.8, 4) is 0 Å². The lowest BCUT2D eigenvalue weighted by atomic mass is 10.2. The standard InChI is InChI=1S/C15H29N5S.HI/c1-13-17-9-11-20(13)10-7-6-8-18-14(16-4)19-12-15(2,3)21-5;/h9,11H,6-8,10,12H2,1-5H3,(H2,16,18,19);1H. The SMILES string of the molecule is CN=C(NCCCCn1ccnc1C)NCC(C)(C)SC.I. The Labute approximate surface area is 156 Å². The first-order valence-corrected chi connectivity index (χ1v) is 8.68. The molecule has 0 saturated carbocycles. The van der Waals surface area contributed by atoms with Crippen LogP contribution < -0.4 is 10.6 Å². The molecule has 0 aromatic carbocycles. The van der Waals surface area contributed by atoms with E-state index >= 15 is 0 Å². The van der Waals surface area contributed by atoms with E-state index in [1.807, 2.05) is 38.1 Å². The topological polar surface area (TPSA) is 54.2 Å². The number of thioether (sulfide) groups is 1.